The van der Waals surface area contributed by atoms with Gasteiger partial charge in [-0.1, -0.05) is 0 Å². The molecule has 0 aromatic carbocycles. The van der Waals surface area contributed by atoms with Gasteiger partial charge in [-0.3, -0.25) is 4.79 Å². The number of anilines is 3. The maximum atomic E-state index is 13.3. The predicted molar refractivity (Wildman–Crippen MR) is 168 cm³/mol. The van der Waals surface area contributed by atoms with Crippen LogP contribution in [0.4, 0.5) is 17.6 Å². The van der Waals surface area contributed by atoms with Gasteiger partial charge in [-0.2, -0.15) is 0 Å². The average Bonchev–Trinajstić information content (AvgIpc) is 3.52. The molecule has 2 aliphatic rings. The number of pyridine rings is 1. The van der Waals surface area contributed by atoms with Crippen molar-refractivity contribution in [2.24, 2.45) is 5.92 Å². The minimum absolute atomic E-state index is 0.108. The Morgan fingerprint density at radius 1 is 1.02 bits per heavy atom. The number of rotatable bonds is 9. The molecular weight excluding hydrogens is 582 g/mol. The molecule has 2 aliphatic heterocycles. The van der Waals surface area contributed by atoms with Gasteiger partial charge in [-0.25, -0.2) is 29.7 Å². The van der Waals surface area contributed by atoms with Crippen LogP contribution in [0.25, 0.3) is 21.6 Å². The molecule has 2 N–H and O–H groups in total. The summed E-state index contributed by atoms with van der Waals surface area (Å²) in [5.41, 5.74) is 1.89. The highest BCUT2D eigenvalue weighted by Crippen LogP contribution is 2.34. The molecule has 0 unspecified atom stereocenters. The topological polar surface area (TPSA) is 148 Å². The van der Waals surface area contributed by atoms with E-state index in [1.165, 1.54) is 23.7 Å². The normalized spacial score (nSPS) is 15.8. The van der Waals surface area contributed by atoms with Gasteiger partial charge in [0.05, 0.1) is 40.5 Å². The first-order valence-electron chi connectivity index (χ1n) is 14.8. The molecule has 0 atom stereocenters. The third kappa shape index (κ3) is 6.55. The van der Waals surface area contributed by atoms with E-state index in [1.807, 2.05) is 25.2 Å². The number of hydrogen-bond acceptors (Lipinski definition) is 13. The van der Waals surface area contributed by atoms with E-state index in [9.17, 15) is 9.59 Å². The van der Waals surface area contributed by atoms with Crippen LogP contribution in [0.15, 0.2) is 36.8 Å². The zero-order valence-electron chi connectivity index (χ0n) is 24.8. The number of esters is 1. The first kappa shape index (κ1) is 29.6. The molecule has 1 amide bonds. The van der Waals surface area contributed by atoms with E-state index < -0.39 is 5.97 Å². The lowest BCUT2D eigenvalue weighted by atomic mass is 9.97. The molecule has 2 saturated heterocycles. The highest BCUT2D eigenvalue weighted by Gasteiger charge is 2.24. The van der Waals surface area contributed by atoms with Crippen LogP contribution in [0.2, 0.25) is 0 Å². The SMILES string of the molecule is CCOC(=O)c1cnc(N2CCC(CNC(=O)c3cc4nc(-c5ccc(NC)nc5)nc(N5CCOCC5)c4s3)CC2)nc1. The van der Waals surface area contributed by atoms with Crippen LogP contribution in [0.5, 0.6) is 0 Å². The van der Waals surface area contributed by atoms with Crippen molar-refractivity contribution in [3.05, 3.63) is 47.2 Å². The molecule has 14 heteroatoms. The fourth-order valence-corrected chi connectivity index (χ4v) is 6.32. The monoisotopic (exact) mass is 617 g/mol. The number of hydrogen-bond donors (Lipinski definition) is 2. The summed E-state index contributed by atoms with van der Waals surface area (Å²) in [6.45, 7) is 6.90. The number of amides is 1. The molecule has 44 heavy (non-hydrogen) atoms. The van der Waals surface area contributed by atoms with Crippen molar-refractivity contribution in [1.82, 2.24) is 30.2 Å². The number of carbonyl (C=O) groups is 2. The molecule has 0 radical (unpaired) electrons. The summed E-state index contributed by atoms with van der Waals surface area (Å²) in [5.74, 6) is 2.56. The van der Waals surface area contributed by atoms with Crippen molar-refractivity contribution in [3.63, 3.8) is 0 Å². The summed E-state index contributed by atoms with van der Waals surface area (Å²) < 4.78 is 11.5. The van der Waals surface area contributed by atoms with Gasteiger partial charge in [-0.05, 0) is 43.9 Å². The standard InChI is InChI=1S/C30H35N9O4S/c1-3-43-29(41)21-17-34-30(35-18-21)39-8-6-19(7-9-39)15-33-28(40)23-14-22-25(44-23)27(38-10-12-42-13-11-38)37-26(36-22)20-4-5-24(31-2)32-16-20/h4-5,14,16-19H,3,6-13,15H2,1-2H3,(H,31,32)(H,33,40). The largest absolute Gasteiger partial charge is 0.462 e. The summed E-state index contributed by atoms with van der Waals surface area (Å²) in [6, 6.07) is 5.70. The van der Waals surface area contributed by atoms with Crippen molar-refractivity contribution in [1.29, 1.82) is 0 Å². The van der Waals surface area contributed by atoms with Crippen LogP contribution >= 0.6 is 11.3 Å². The summed E-state index contributed by atoms with van der Waals surface area (Å²) in [4.78, 5) is 53.0. The minimum Gasteiger partial charge on any atom is -0.462 e. The molecule has 2 fully saturated rings. The Hall–Kier alpha value is -4.43. The number of thiophene rings is 1. The Balaban J connectivity index is 1.11. The summed E-state index contributed by atoms with van der Waals surface area (Å²) >= 11 is 1.42. The van der Waals surface area contributed by atoms with Crippen molar-refractivity contribution >= 4 is 51.0 Å². The second-order valence-corrected chi connectivity index (χ2v) is 11.7. The molecule has 230 valence electrons. The van der Waals surface area contributed by atoms with Gasteiger partial charge in [0, 0.05) is 63.9 Å². The van der Waals surface area contributed by atoms with Crippen molar-refractivity contribution in [3.8, 4) is 11.4 Å². The smallest absolute Gasteiger partial charge is 0.341 e. The maximum absolute atomic E-state index is 13.3. The van der Waals surface area contributed by atoms with E-state index in [0.29, 0.717) is 54.5 Å². The van der Waals surface area contributed by atoms with Gasteiger partial charge in [0.15, 0.2) is 11.6 Å². The van der Waals surface area contributed by atoms with Crippen LogP contribution < -0.4 is 20.4 Å². The molecular formula is C30H35N9O4S. The Morgan fingerprint density at radius 3 is 2.48 bits per heavy atom. The molecule has 0 saturated carbocycles. The van der Waals surface area contributed by atoms with Gasteiger partial charge >= 0.3 is 5.97 Å². The number of nitrogens with zero attached hydrogens (tertiary/aromatic N) is 7. The Kier molecular flexibility index (Phi) is 9.07. The van der Waals surface area contributed by atoms with Crippen LogP contribution in [0.3, 0.4) is 0 Å². The summed E-state index contributed by atoms with van der Waals surface area (Å²) in [5, 5.41) is 6.17. The second kappa shape index (κ2) is 13.5. The Bertz CT molecular complexity index is 1600. The van der Waals surface area contributed by atoms with Crippen LogP contribution in [-0.2, 0) is 9.47 Å². The first-order valence-corrected chi connectivity index (χ1v) is 15.6. The Morgan fingerprint density at radius 2 is 1.80 bits per heavy atom. The first-order chi connectivity index (χ1) is 21.5. The Labute approximate surface area is 259 Å². The van der Waals surface area contributed by atoms with E-state index in [1.54, 1.807) is 13.1 Å². The molecule has 0 spiro atoms. The van der Waals surface area contributed by atoms with Crippen molar-refractivity contribution in [2.45, 2.75) is 19.8 Å². The minimum atomic E-state index is -0.422. The van der Waals surface area contributed by atoms with Crippen LogP contribution in [0.1, 0.15) is 39.8 Å². The zero-order valence-corrected chi connectivity index (χ0v) is 25.6. The molecule has 0 aliphatic carbocycles. The quantitative estimate of drug-likeness (QED) is 0.266. The van der Waals surface area contributed by atoms with E-state index in [2.05, 4.69) is 35.4 Å². The molecule has 6 rings (SSSR count). The number of fused-ring (bicyclic) bond motifs is 1. The molecule has 4 aromatic heterocycles. The number of ether oxygens (including phenoxy) is 2. The van der Waals surface area contributed by atoms with Crippen molar-refractivity contribution < 1.29 is 19.1 Å². The molecule has 0 bridgehead atoms. The maximum Gasteiger partial charge on any atom is 0.341 e. The zero-order chi connectivity index (χ0) is 30.5. The fraction of sp³-hybridized carbons (Fsp3) is 0.433. The predicted octanol–water partition coefficient (Wildman–Crippen LogP) is 3.24. The van der Waals surface area contributed by atoms with Gasteiger partial charge in [0.25, 0.3) is 5.91 Å². The van der Waals surface area contributed by atoms with E-state index in [0.717, 1.165) is 66.4 Å². The molecule has 13 nitrogen and oxygen atoms in total. The van der Waals surface area contributed by atoms with E-state index in [4.69, 9.17) is 19.4 Å². The third-order valence-corrected chi connectivity index (χ3v) is 8.88. The number of nitrogens with one attached hydrogen (secondary N) is 2. The lowest BCUT2D eigenvalue weighted by Crippen LogP contribution is -2.39. The van der Waals surface area contributed by atoms with Crippen LogP contribution in [-0.4, -0.2) is 96.4 Å². The highest BCUT2D eigenvalue weighted by atomic mass is 32.1. The average molecular weight is 618 g/mol. The molecule has 6 heterocycles. The van der Waals surface area contributed by atoms with Gasteiger partial charge in [0.2, 0.25) is 5.95 Å². The van der Waals surface area contributed by atoms with Crippen molar-refractivity contribution in [2.75, 3.05) is 74.7 Å². The van der Waals surface area contributed by atoms with Gasteiger partial charge in [-0.15, -0.1) is 11.3 Å². The van der Waals surface area contributed by atoms with E-state index >= 15 is 0 Å². The van der Waals surface area contributed by atoms with E-state index in [-0.39, 0.29) is 5.91 Å². The fourth-order valence-electron chi connectivity index (χ4n) is 5.28. The summed E-state index contributed by atoms with van der Waals surface area (Å²) in [6.07, 6.45) is 6.56. The van der Waals surface area contributed by atoms with Crippen LogP contribution in [0, 0.1) is 5.92 Å². The van der Waals surface area contributed by atoms with Gasteiger partial charge in [0.1, 0.15) is 5.82 Å². The molecule has 4 aromatic rings. The highest BCUT2D eigenvalue weighted by molar-refractivity contribution is 7.21. The number of piperidine rings is 1. The number of carbonyl (C=O) groups excluding carboxylic acids is 2. The third-order valence-electron chi connectivity index (χ3n) is 7.76. The summed E-state index contributed by atoms with van der Waals surface area (Å²) in [7, 11) is 1.83. The van der Waals surface area contributed by atoms with Gasteiger partial charge < -0.3 is 29.9 Å². The lowest BCUT2D eigenvalue weighted by Gasteiger charge is -2.32. The number of aromatic nitrogens is 5. The number of morpholine rings is 1. The lowest BCUT2D eigenvalue weighted by molar-refractivity contribution is 0.0525. The second-order valence-electron chi connectivity index (χ2n) is 10.6.